The number of amides is 1. The summed E-state index contributed by atoms with van der Waals surface area (Å²) in [4.78, 5) is 41.6. The lowest BCUT2D eigenvalue weighted by atomic mass is 10.2. The van der Waals surface area contributed by atoms with Crippen LogP contribution in [0.3, 0.4) is 0 Å². The standard InChI is InChI=1S/C21H25N5O4/c1-22-19-15(20(28)23(2)21(22)29)8-9-26(19)14-18(27)25-12-10-24(11-13-25)16-6-4-5-7-17(16)30-3/h4-9H,10-14H2,1-3H3. The highest BCUT2D eigenvalue weighted by Crippen LogP contribution is 2.28. The van der Waals surface area contributed by atoms with Gasteiger partial charge in [-0.25, -0.2) is 4.79 Å². The van der Waals surface area contributed by atoms with Gasteiger partial charge in [-0.3, -0.25) is 18.7 Å². The summed E-state index contributed by atoms with van der Waals surface area (Å²) in [5, 5.41) is 0.424. The average Bonchev–Trinajstić information content (AvgIpc) is 3.20. The van der Waals surface area contributed by atoms with Gasteiger partial charge >= 0.3 is 5.69 Å². The molecule has 1 aromatic carbocycles. The van der Waals surface area contributed by atoms with E-state index in [9.17, 15) is 14.4 Å². The number of nitrogens with zero attached hydrogens (tertiary/aromatic N) is 5. The molecule has 9 heteroatoms. The number of benzene rings is 1. The van der Waals surface area contributed by atoms with Crippen molar-refractivity contribution in [2.45, 2.75) is 6.54 Å². The zero-order valence-electron chi connectivity index (χ0n) is 17.4. The molecule has 4 rings (SSSR count). The molecule has 1 aliphatic heterocycles. The van der Waals surface area contributed by atoms with Crippen molar-refractivity contribution in [2.75, 3.05) is 38.2 Å². The van der Waals surface area contributed by atoms with Gasteiger partial charge in [0.05, 0.1) is 18.2 Å². The lowest BCUT2D eigenvalue weighted by Gasteiger charge is -2.36. The summed E-state index contributed by atoms with van der Waals surface area (Å²) >= 11 is 0. The number of hydrogen-bond donors (Lipinski definition) is 0. The molecule has 0 radical (unpaired) electrons. The number of ether oxygens (including phenoxy) is 1. The van der Waals surface area contributed by atoms with Gasteiger partial charge < -0.3 is 19.1 Å². The topological polar surface area (TPSA) is 81.7 Å². The van der Waals surface area contributed by atoms with Crippen LogP contribution in [-0.4, -0.2) is 57.8 Å². The Morgan fingerprint density at radius 3 is 2.40 bits per heavy atom. The first kappa shape index (κ1) is 19.8. The minimum atomic E-state index is -0.412. The second kappa shape index (κ2) is 7.74. The normalized spacial score (nSPS) is 14.4. The molecule has 0 bridgehead atoms. The van der Waals surface area contributed by atoms with Crippen LogP contribution in [-0.2, 0) is 25.4 Å². The Balaban J connectivity index is 1.50. The second-order valence-electron chi connectivity index (χ2n) is 7.43. The number of piperazine rings is 1. The molecule has 1 fully saturated rings. The number of rotatable bonds is 4. The Labute approximate surface area is 173 Å². The van der Waals surface area contributed by atoms with E-state index < -0.39 is 5.69 Å². The van der Waals surface area contributed by atoms with E-state index >= 15 is 0 Å². The van der Waals surface area contributed by atoms with E-state index in [0.29, 0.717) is 37.2 Å². The van der Waals surface area contributed by atoms with Crippen molar-refractivity contribution in [3.63, 3.8) is 0 Å². The van der Waals surface area contributed by atoms with E-state index in [1.54, 1.807) is 31.0 Å². The number of aromatic nitrogens is 3. The zero-order valence-corrected chi connectivity index (χ0v) is 17.4. The number of carbonyl (C=O) groups excluding carboxylic acids is 1. The Bertz CT molecular complexity index is 1210. The molecule has 0 unspecified atom stereocenters. The highest BCUT2D eigenvalue weighted by atomic mass is 16.5. The molecule has 30 heavy (non-hydrogen) atoms. The van der Waals surface area contributed by atoms with Gasteiger partial charge in [0.25, 0.3) is 5.56 Å². The predicted octanol–water partition coefficient (Wildman–Crippen LogP) is 0.396. The van der Waals surface area contributed by atoms with Crippen molar-refractivity contribution in [3.05, 3.63) is 57.4 Å². The van der Waals surface area contributed by atoms with Crippen molar-refractivity contribution in [1.82, 2.24) is 18.6 Å². The van der Waals surface area contributed by atoms with Crippen molar-refractivity contribution < 1.29 is 9.53 Å². The fraction of sp³-hybridized carbons (Fsp3) is 0.381. The van der Waals surface area contributed by atoms with Crippen LogP contribution < -0.4 is 20.9 Å². The number of hydrogen-bond acceptors (Lipinski definition) is 5. The number of carbonyl (C=O) groups is 1. The summed E-state index contributed by atoms with van der Waals surface area (Å²) in [6.07, 6.45) is 1.69. The first-order chi connectivity index (χ1) is 14.4. The zero-order chi connectivity index (χ0) is 21.4. The molecule has 0 atom stereocenters. The summed E-state index contributed by atoms with van der Waals surface area (Å²) in [6.45, 7) is 2.68. The van der Waals surface area contributed by atoms with Crippen LogP contribution in [0, 0.1) is 0 Å². The lowest BCUT2D eigenvalue weighted by Crippen LogP contribution is -2.49. The van der Waals surface area contributed by atoms with Crippen LogP contribution in [0.15, 0.2) is 46.1 Å². The van der Waals surface area contributed by atoms with Gasteiger partial charge in [-0.15, -0.1) is 0 Å². The van der Waals surface area contributed by atoms with Crippen molar-refractivity contribution in [1.29, 1.82) is 0 Å². The van der Waals surface area contributed by atoms with Gasteiger partial charge in [0.1, 0.15) is 17.9 Å². The minimum absolute atomic E-state index is 0.0414. The van der Waals surface area contributed by atoms with Crippen molar-refractivity contribution >= 4 is 22.6 Å². The summed E-state index contributed by atoms with van der Waals surface area (Å²) in [5.74, 6) is 0.777. The molecule has 0 N–H and O–H groups in total. The van der Waals surface area contributed by atoms with Crippen molar-refractivity contribution in [3.8, 4) is 5.75 Å². The molecule has 1 saturated heterocycles. The summed E-state index contributed by atoms with van der Waals surface area (Å²) in [6, 6.07) is 9.51. The van der Waals surface area contributed by atoms with Crippen LogP contribution in [0.25, 0.3) is 11.0 Å². The van der Waals surface area contributed by atoms with E-state index in [4.69, 9.17) is 4.74 Å². The second-order valence-corrected chi connectivity index (χ2v) is 7.43. The Kier molecular flexibility index (Phi) is 5.11. The molecule has 1 aliphatic rings. The Morgan fingerprint density at radius 2 is 1.70 bits per heavy atom. The summed E-state index contributed by atoms with van der Waals surface area (Å²) in [7, 11) is 4.71. The molecule has 9 nitrogen and oxygen atoms in total. The fourth-order valence-electron chi connectivity index (χ4n) is 4.05. The maximum absolute atomic E-state index is 12.9. The molecule has 3 heterocycles. The van der Waals surface area contributed by atoms with Gasteiger partial charge in [0.2, 0.25) is 5.91 Å². The third-order valence-corrected chi connectivity index (χ3v) is 5.72. The molecule has 1 amide bonds. The maximum atomic E-state index is 12.9. The number of fused-ring (bicyclic) bond motifs is 1. The van der Waals surface area contributed by atoms with Gasteiger partial charge in [0, 0.05) is 46.5 Å². The van der Waals surface area contributed by atoms with Crippen LogP contribution in [0.2, 0.25) is 0 Å². The molecular formula is C21H25N5O4. The molecule has 0 aliphatic carbocycles. The Morgan fingerprint density at radius 1 is 1.00 bits per heavy atom. The third-order valence-electron chi connectivity index (χ3n) is 5.72. The molecule has 3 aromatic rings. The molecule has 2 aromatic heterocycles. The van der Waals surface area contributed by atoms with E-state index in [-0.39, 0.29) is 18.0 Å². The van der Waals surface area contributed by atoms with Gasteiger partial charge in [-0.2, -0.15) is 0 Å². The largest absolute Gasteiger partial charge is 0.495 e. The number of para-hydroxylation sites is 2. The number of aryl methyl sites for hydroxylation is 1. The quantitative estimate of drug-likeness (QED) is 0.621. The van der Waals surface area contributed by atoms with E-state index in [2.05, 4.69) is 4.90 Å². The van der Waals surface area contributed by atoms with Gasteiger partial charge in [-0.1, -0.05) is 12.1 Å². The van der Waals surface area contributed by atoms with Crippen molar-refractivity contribution in [2.24, 2.45) is 14.1 Å². The van der Waals surface area contributed by atoms with Crippen LogP contribution in [0.1, 0.15) is 0 Å². The maximum Gasteiger partial charge on any atom is 0.332 e. The minimum Gasteiger partial charge on any atom is -0.495 e. The first-order valence-electron chi connectivity index (χ1n) is 9.83. The first-order valence-corrected chi connectivity index (χ1v) is 9.83. The Hall–Kier alpha value is -3.49. The monoisotopic (exact) mass is 411 g/mol. The van der Waals surface area contributed by atoms with E-state index in [1.807, 2.05) is 29.2 Å². The number of anilines is 1. The lowest BCUT2D eigenvalue weighted by molar-refractivity contribution is -0.132. The van der Waals surface area contributed by atoms with Gasteiger partial charge in [0.15, 0.2) is 0 Å². The van der Waals surface area contributed by atoms with E-state index in [0.717, 1.165) is 16.0 Å². The molecule has 0 spiro atoms. The molecule has 0 saturated carbocycles. The van der Waals surface area contributed by atoms with E-state index in [1.165, 1.54) is 11.6 Å². The smallest absolute Gasteiger partial charge is 0.332 e. The van der Waals surface area contributed by atoms with Crippen LogP contribution >= 0.6 is 0 Å². The summed E-state index contributed by atoms with van der Waals surface area (Å²) < 4.78 is 9.60. The SMILES string of the molecule is COc1ccccc1N1CCN(C(=O)Cn2ccc3c(=O)n(C)c(=O)n(C)c32)CC1. The molecular weight excluding hydrogens is 386 g/mol. The molecule has 158 valence electrons. The summed E-state index contributed by atoms with van der Waals surface area (Å²) in [5.41, 5.74) is 0.716. The van der Waals surface area contributed by atoms with Gasteiger partial charge in [-0.05, 0) is 18.2 Å². The van der Waals surface area contributed by atoms with Crippen LogP contribution in [0.4, 0.5) is 5.69 Å². The number of methoxy groups -OCH3 is 1. The fourth-order valence-corrected chi connectivity index (χ4v) is 4.05. The highest BCUT2D eigenvalue weighted by Gasteiger charge is 2.24. The predicted molar refractivity (Wildman–Crippen MR) is 114 cm³/mol. The highest BCUT2D eigenvalue weighted by molar-refractivity contribution is 5.81. The van der Waals surface area contributed by atoms with Crippen LogP contribution in [0.5, 0.6) is 5.75 Å². The average molecular weight is 411 g/mol. The third kappa shape index (κ3) is 3.26.